The summed E-state index contributed by atoms with van der Waals surface area (Å²) in [4.78, 5) is 25.8. The van der Waals surface area contributed by atoms with Crippen molar-refractivity contribution in [3.05, 3.63) is 23.8 Å². The van der Waals surface area contributed by atoms with Gasteiger partial charge in [0.25, 0.3) is 5.91 Å². The molecule has 0 saturated carbocycles. The lowest BCUT2D eigenvalue weighted by atomic mass is 10.1. The zero-order valence-corrected chi connectivity index (χ0v) is 12.1. The maximum absolute atomic E-state index is 11.3. The fourth-order valence-corrected chi connectivity index (χ4v) is 2.56. The number of carboxylic acid groups (broad SMARTS) is 1. The normalized spacial score (nSPS) is 18.5. The molecule has 1 aliphatic rings. The number of primary amides is 1. The van der Waals surface area contributed by atoms with Crippen LogP contribution in [0.5, 0.6) is 5.75 Å². The van der Waals surface area contributed by atoms with Crippen molar-refractivity contribution in [2.24, 2.45) is 5.73 Å². The Hall–Kier alpha value is -2.44. The first-order valence-corrected chi connectivity index (χ1v) is 6.66. The molecule has 114 valence electrons. The monoisotopic (exact) mass is 293 g/mol. The largest absolute Gasteiger partial charge is 0.496 e. The van der Waals surface area contributed by atoms with Crippen LogP contribution in [0.2, 0.25) is 0 Å². The maximum atomic E-state index is 11.3. The summed E-state index contributed by atoms with van der Waals surface area (Å²) in [5, 5.41) is 9.08. The molecule has 0 bridgehead atoms. The first-order valence-electron chi connectivity index (χ1n) is 6.66. The van der Waals surface area contributed by atoms with Crippen LogP contribution in [0.15, 0.2) is 18.2 Å². The first-order chi connectivity index (χ1) is 9.93. The van der Waals surface area contributed by atoms with E-state index in [0.717, 1.165) is 5.69 Å². The molecule has 2 amide bonds. The average molecular weight is 293 g/mol. The van der Waals surface area contributed by atoms with Gasteiger partial charge in [-0.3, -0.25) is 4.79 Å². The molecule has 1 aliphatic heterocycles. The lowest BCUT2D eigenvalue weighted by Crippen LogP contribution is -2.53. The van der Waals surface area contributed by atoms with Gasteiger partial charge in [-0.25, -0.2) is 4.79 Å². The molecule has 3 N–H and O–H groups in total. The highest BCUT2D eigenvalue weighted by Crippen LogP contribution is 2.27. The van der Waals surface area contributed by atoms with E-state index in [1.165, 1.54) is 12.0 Å². The number of nitrogens with zero attached hydrogens (tertiary/aromatic N) is 2. The van der Waals surface area contributed by atoms with Crippen LogP contribution in [0.4, 0.5) is 10.5 Å². The average Bonchev–Trinajstić information content (AvgIpc) is 2.45. The second-order valence-electron chi connectivity index (χ2n) is 5.02. The smallest absolute Gasteiger partial charge is 0.407 e. The predicted octanol–water partition coefficient (Wildman–Crippen LogP) is 0.983. The molecule has 7 nitrogen and oxygen atoms in total. The predicted molar refractivity (Wildman–Crippen MR) is 77.9 cm³/mol. The molecule has 0 unspecified atom stereocenters. The van der Waals surface area contributed by atoms with Crippen molar-refractivity contribution < 1.29 is 19.4 Å². The number of hydrogen-bond donors (Lipinski definition) is 2. The third-order valence-corrected chi connectivity index (χ3v) is 3.69. The van der Waals surface area contributed by atoms with Gasteiger partial charge in [0.05, 0.1) is 12.7 Å². The molecule has 0 aliphatic carbocycles. The number of rotatable bonds is 3. The Bertz CT molecular complexity index is 561. The van der Waals surface area contributed by atoms with Crippen LogP contribution in [0.25, 0.3) is 0 Å². The SMILES string of the molecule is COc1cc(N2CCN(C(=O)O)[C@H](C)C2)ccc1C(N)=O. The van der Waals surface area contributed by atoms with E-state index < -0.39 is 12.0 Å². The molecule has 7 heteroatoms. The Balaban J connectivity index is 2.20. The van der Waals surface area contributed by atoms with Gasteiger partial charge in [-0.05, 0) is 19.1 Å². The Labute approximate surface area is 122 Å². The fourth-order valence-electron chi connectivity index (χ4n) is 2.56. The summed E-state index contributed by atoms with van der Waals surface area (Å²) in [6, 6.07) is 5.08. The van der Waals surface area contributed by atoms with Crippen molar-refractivity contribution in [3.63, 3.8) is 0 Å². The van der Waals surface area contributed by atoms with E-state index in [1.807, 2.05) is 6.92 Å². The minimum Gasteiger partial charge on any atom is -0.496 e. The summed E-state index contributed by atoms with van der Waals surface area (Å²) >= 11 is 0. The number of amides is 2. The van der Waals surface area contributed by atoms with Crippen LogP contribution in [0, 0.1) is 0 Å². The van der Waals surface area contributed by atoms with Crippen LogP contribution in [-0.4, -0.2) is 54.8 Å². The lowest BCUT2D eigenvalue weighted by molar-refractivity contribution is 0.0997. The molecule has 0 radical (unpaired) electrons. The second-order valence-corrected chi connectivity index (χ2v) is 5.02. The molecule has 1 aromatic carbocycles. The summed E-state index contributed by atoms with van der Waals surface area (Å²) < 4.78 is 5.19. The molecule has 1 atom stereocenters. The quantitative estimate of drug-likeness (QED) is 0.866. The molecule has 1 fully saturated rings. The minimum atomic E-state index is -0.899. The van der Waals surface area contributed by atoms with Gasteiger partial charge >= 0.3 is 6.09 Å². The van der Waals surface area contributed by atoms with Crippen molar-refractivity contribution in [2.45, 2.75) is 13.0 Å². The number of piperazine rings is 1. The van der Waals surface area contributed by atoms with E-state index in [0.29, 0.717) is 30.9 Å². The zero-order chi connectivity index (χ0) is 15.6. The minimum absolute atomic E-state index is 0.0990. The first kappa shape index (κ1) is 15.0. The van der Waals surface area contributed by atoms with Crippen molar-refractivity contribution >= 4 is 17.7 Å². The van der Waals surface area contributed by atoms with Crippen LogP contribution < -0.4 is 15.4 Å². The van der Waals surface area contributed by atoms with E-state index in [1.54, 1.807) is 18.2 Å². The van der Waals surface area contributed by atoms with Crippen molar-refractivity contribution in [1.82, 2.24) is 4.90 Å². The number of benzene rings is 1. The van der Waals surface area contributed by atoms with Gasteiger partial charge < -0.3 is 25.4 Å². The van der Waals surface area contributed by atoms with E-state index in [-0.39, 0.29) is 6.04 Å². The zero-order valence-electron chi connectivity index (χ0n) is 12.1. The summed E-state index contributed by atoms with van der Waals surface area (Å²) in [5.74, 6) is -0.115. The van der Waals surface area contributed by atoms with Crippen molar-refractivity contribution in [3.8, 4) is 5.75 Å². The van der Waals surface area contributed by atoms with Gasteiger partial charge in [0.1, 0.15) is 5.75 Å². The molecule has 0 spiro atoms. The standard InChI is InChI=1S/C14H19N3O4/c1-9-8-16(5-6-17(9)14(19)20)10-3-4-11(13(15)18)12(7-10)21-2/h3-4,7,9H,5-6,8H2,1-2H3,(H2,15,18)(H,19,20)/t9-/m1/s1. The summed E-state index contributed by atoms with van der Waals surface area (Å²) in [7, 11) is 1.48. The van der Waals surface area contributed by atoms with Gasteiger partial charge in [0.2, 0.25) is 0 Å². The lowest BCUT2D eigenvalue weighted by Gasteiger charge is -2.39. The second kappa shape index (κ2) is 5.90. The summed E-state index contributed by atoms with van der Waals surface area (Å²) in [6.45, 7) is 3.49. The van der Waals surface area contributed by atoms with Crippen molar-refractivity contribution in [2.75, 3.05) is 31.6 Å². The number of anilines is 1. The third-order valence-electron chi connectivity index (χ3n) is 3.69. The molecule has 2 rings (SSSR count). The molecule has 1 aromatic rings. The van der Waals surface area contributed by atoms with E-state index >= 15 is 0 Å². The van der Waals surface area contributed by atoms with E-state index in [2.05, 4.69) is 4.90 Å². The molecular weight excluding hydrogens is 274 g/mol. The highest BCUT2D eigenvalue weighted by molar-refractivity contribution is 5.96. The third kappa shape index (κ3) is 3.01. The number of hydrogen-bond acceptors (Lipinski definition) is 4. The molecule has 0 aromatic heterocycles. The highest BCUT2D eigenvalue weighted by atomic mass is 16.5. The number of nitrogens with two attached hydrogens (primary N) is 1. The number of carbonyl (C=O) groups is 2. The Morgan fingerprint density at radius 1 is 1.38 bits per heavy atom. The summed E-state index contributed by atoms with van der Waals surface area (Å²) in [5.41, 5.74) is 6.50. The maximum Gasteiger partial charge on any atom is 0.407 e. The Morgan fingerprint density at radius 2 is 2.10 bits per heavy atom. The van der Waals surface area contributed by atoms with Crippen LogP contribution in [-0.2, 0) is 0 Å². The van der Waals surface area contributed by atoms with Crippen molar-refractivity contribution in [1.29, 1.82) is 0 Å². The van der Waals surface area contributed by atoms with Gasteiger partial charge in [-0.2, -0.15) is 0 Å². The number of carbonyl (C=O) groups excluding carboxylic acids is 1. The van der Waals surface area contributed by atoms with Gasteiger partial charge in [0, 0.05) is 37.4 Å². The van der Waals surface area contributed by atoms with Crippen LogP contribution in [0.3, 0.4) is 0 Å². The molecular formula is C14H19N3O4. The molecule has 1 heterocycles. The van der Waals surface area contributed by atoms with Gasteiger partial charge in [0.15, 0.2) is 0 Å². The van der Waals surface area contributed by atoms with E-state index in [4.69, 9.17) is 15.6 Å². The van der Waals surface area contributed by atoms with Gasteiger partial charge in [-0.15, -0.1) is 0 Å². The van der Waals surface area contributed by atoms with Gasteiger partial charge in [-0.1, -0.05) is 0 Å². The highest BCUT2D eigenvalue weighted by Gasteiger charge is 2.27. The number of ether oxygens (including phenoxy) is 1. The Morgan fingerprint density at radius 3 is 2.62 bits per heavy atom. The fraction of sp³-hybridized carbons (Fsp3) is 0.429. The Kier molecular flexibility index (Phi) is 4.21. The van der Waals surface area contributed by atoms with E-state index in [9.17, 15) is 9.59 Å². The summed E-state index contributed by atoms with van der Waals surface area (Å²) in [6.07, 6.45) is -0.899. The van der Waals surface area contributed by atoms with Crippen LogP contribution in [0.1, 0.15) is 17.3 Å². The number of methoxy groups -OCH3 is 1. The van der Waals surface area contributed by atoms with Crippen LogP contribution >= 0.6 is 0 Å². The molecule has 1 saturated heterocycles. The topological polar surface area (TPSA) is 96.1 Å². The molecule has 21 heavy (non-hydrogen) atoms.